The van der Waals surface area contributed by atoms with E-state index in [2.05, 4.69) is 0 Å². The first-order valence-corrected chi connectivity index (χ1v) is 4.16. The molecule has 0 aliphatic carbocycles. The number of halogens is 2. The Morgan fingerprint density at radius 1 is 1.50 bits per heavy atom. The summed E-state index contributed by atoms with van der Waals surface area (Å²) in [6, 6.07) is 0. The highest BCUT2D eigenvalue weighted by Crippen LogP contribution is 2.28. The van der Waals surface area contributed by atoms with Crippen LogP contribution in [0, 0.1) is 4.91 Å². The van der Waals surface area contributed by atoms with Crippen molar-refractivity contribution in [3.8, 4) is 0 Å². The molecule has 0 aromatic heterocycles. The van der Waals surface area contributed by atoms with E-state index in [4.69, 9.17) is 23.2 Å². The molecule has 0 radical (unpaired) electrons. The van der Waals surface area contributed by atoms with Gasteiger partial charge in [-0.05, 0) is 0 Å². The average Bonchev–Trinajstić information content (AvgIpc) is 2.09. The molecule has 0 bridgehead atoms. The molecule has 7 heteroatoms. The zero-order valence-corrected chi connectivity index (χ0v) is 8.13. The van der Waals surface area contributed by atoms with Crippen LogP contribution in [0.15, 0.2) is 21.8 Å². The summed E-state index contributed by atoms with van der Waals surface area (Å²) in [7, 11) is 0. The highest BCUT2D eigenvalue weighted by atomic mass is 35.5. The van der Waals surface area contributed by atoms with Crippen LogP contribution in [0.4, 0.5) is 0 Å². The van der Waals surface area contributed by atoms with Gasteiger partial charge < -0.3 is 9.90 Å². The van der Waals surface area contributed by atoms with Gasteiger partial charge in [0.15, 0.2) is 5.03 Å². The second-order valence-corrected chi connectivity index (χ2v) is 3.23. The van der Waals surface area contributed by atoms with Crippen molar-refractivity contribution in [1.29, 1.82) is 0 Å². The first kappa shape index (κ1) is 10.9. The number of carbonyl (C=O) groups is 2. The second-order valence-electron chi connectivity index (χ2n) is 2.45. The Balaban J connectivity index is 3.13. The van der Waals surface area contributed by atoms with E-state index in [-0.39, 0.29) is 15.4 Å². The average molecular weight is 236 g/mol. The van der Waals surface area contributed by atoms with Gasteiger partial charge in [0.05, 0.1) is 0 Å². The smallest absolute Gasteiger partial charge is 0.482 e. The van der Waals surface area contributed by atoms with Crippen molar-refractivity contribution >= 4 is 35.1 Å². The van der Waals surface area contributed by atoms with E-state index >= 15 is 0 Å². The van der Waals surface area contributed by atoms with Crippen molar-refractivity contribution < 1.29 is 19.5 Å². The largest absolute Gasteiger partial charge is 0.550 e. The van der Waals surface area contributed by atoms with E-state index in [0.29, 0.717) is 0 Å². The lowest BCUT2D eigenvalue weighted by Crippen LogP contribution is -2.25. The molecule has 0 spiro atoms. The van der Waals surface area contributed by atoms with Crippen LogP contribution in [0.1, 0.15) is 6.42 Å². The lowest BCUT2D eigenvalue weighted by molar-refractivity contribution is -0.397. The van der Waals surface area contributed by atoms with Crippen LogP contribution in [0.2, 0.25) is 0 Å². The Bertz CT molecular complexity index is 396. The minimum absolute atomic E-state index is 0.0660. The van der Waals surface area contributed by atoms with E-state index in [1.165, 1.54) is 0 Å². The van der Waals surface area contributed by atoms with Gasteiger partial charge in [0.1, 0.15) is 9.79 Å². The normalized spacial score (nSPS) is 17.1. The van der Waals surface area contributed by atoms with E-state index < -0.39 is 23.3 Å². The minimum atomic E-state index is -1.43. The maximum absolute atomic E-state index is 11.0. The molecule has 5 nitrogen and oxygen atoms in total. The molecule has 74 valence electrons. The Kier molecular flexibility index (Phi) is 3.03. The molecule has 0 aromatic rings. The van der Waals surface area contributed by atoms with Crippen LogP contribution in [-0.2, 0) is 9.59 Å². The van der Waals surface area contributed by atoms with Crippen molar-refractivity contribution in [2.45, 2.75) is 6.42 Å². The molecule has 1 amide bonds. The van der Waals surface area contributed by atoms with Gasteiger partial charge in [0.25, 0.3) is 6.20 Å². The predicted octanol–water partition coefficient (Wildman–Crippen LogP) is 0.0186. The quantitative estimate of drug-likeness (QED) is 0.633. The van der Waals surface area contributed by atoms with Crippen LogP contribution in [-0.4, -0.2) is 16.6 Å². The second kappa shape index (κ2) is 3.89. The molecule has 1 aliphatic rings. The van der Waals surface area contributed by atoms with Crippen molar-refractivity contribution in [3.05, 3.63) is 26.7 Å². The molecular formula is C7H3Cl2NO4. The number of carboxylic acid groups (broad SMARTS) is 1. The van der Waals surface area contributed by atoms with Gasteiger partial charge in [0, 0.05) is 22.9 Å². The van der Waals surface area contributed by atoms with Crippen LogP contribution < -0.4 is 5.11 Å². The molecule has 0 saturated carbocycles. The van der Waals surface area contributed by atoms with Crippen LogP contribution in [0.3, 0.4) is 0 Å². The fourth-order valence-electron chi connectivity index (χ4n) is 0.877. The number of rotatable bonds is 2. The summed E-state index contributed by atoms with van der Waals surface area (Å²) in [6.07, 6.45) is 0.155. The summed E-state index contributed by atoms with van der Waals surface area (Å²) in [4.78, 5) is 32.0. The predicted molar refractivity (Wildman–Crippen MR) is 45.1 cm³/mol. The van der Waals surface area contributed by atoms with Gasteiger partial charge in [-0.1, -0.05) is 23.2 Å². The molecule has 1 rings (SSSR count). The molecule has 0 atom stereocenters. The molecule has 0 unspecified atom stereocenters. The summed E-state index contributed by atoms with van der Waals surface area (Å²) >= 11 is 11.0. The monoisotopic (exact) mass is 235 g/mol. The minimum Gasteiger partial charge on any atom is -0.550 e. The SMILES string of the molecule is O=C([O-])CC1=C(Cl)C(=O)[N+](=O)C=C1Cl. The number of allylic oxidation sites excluding steroid dienone is 1. The van der Waals surface area contributed by atoms with E-state index in [9.17, 15) is 19.6 Å². The van der Waals surface area contributed by atoms with Gasteiger partial charge in [-0.2, -0.15) is 0 Å². The number of hydrogen-bond acceptors (Lipinski definition) is 4. The van der Waals surface area contributed by atoms with Crippen LogP contribution in [0.5, 0.6) is 0 Å². The Labute approximate surface area is 88.2 Å². The third kappa shape index (κ3) is 2.00. The van der Waals surface area contributed by atoms with E-state index in [0.717, 1.165) is 6.20 Å². The van der Waals surface area contributed by atoms with Crippen molar-refractivity contribution in [2.75, 3.05) is 0 Å². The molecule has 1 aliphatic heterocycles. The number of hydrogen-bond donors (Lipinski definition) is 0. The van der Waals surface area contributed by atoms with Crippen LogP contribution >= 0.6 is 23.2 Å². The zero-order valence-electron chi connectivity index (χ0n) is 6.62. The summed E-state index contributed by atoms with van der Waals surface area (Å²) in [5.41, 5.74) is -0.106. The fraction of sp³-hybridized carbons (Fsp3) is 0.143. The van der Waals surface area contributed by atoms with Gasteiger partial charge in [-0.25, -0.2) is 4.79 Å². The van der Waals surface area contributed by atoms with Gasteiger partial charge in [0.2, 0.25) is 0 Å². The van der Waals surface area contributed by atoms with Gasteiger partial charge in [-0.15, -0.1) is 0 Å². The number of aliphatic carboxylic acids is 1. The van der Waals surface area contributed by atoms with E-state index in [1.54, 1.807) is 0 Å². The van der Waals surface area contributed by atoms with Crippen molar-refractivity contribution in [2.24, 2.45) is 0 Å². The molecular weight excluding hydrogens is 233 g/mol. The zero-order chi connectivity index (χ0) is 10.9. The number of nitroso groups, excluding NO2 is 1. The van der Waals surface area contributed by atoms with Gasteiger partial charge >= 0.3 is 5.91 Å². The lowest BCUT2D eigenvalue weighted by atomic mass is 10.1. The third-order valence-corrected chi connectivity index (χ3v) is 2.21. The standard InChI is InChI=1S/C7H3Cl2NO4/c8-4-2-10(14)7(13)6(9)3(4)1-5(11)12/h2H,1H2. The Morgan fingerprint density at radius 3 is 2.57 bits per heavy atom. The number of carboxylic acids is 1. The molecule has 0 N–H and O–H groups in total. The first-order chi connectivity index (χ1) is 6.43. The first-order valence-electron chi connectivity index (χ1n) is 3.40. The highest BCUT2D eigenvalue weighted by Gasteiger charge is 2.34. The summed E-state index contributed by atoms with van der Waals surface area (Å²) < 4.78 is -0.0660. The highest BCUT2D eigenvalue weighted by molar-refractivity contribution is 6.44. The lowest BCUT2D eigenvalue weighted by Gasteiger charge is -2.08. The summed E-state index contributed by atoms with van der Waals surface area (Å²) in [5.74, 6) is -2.47. The Hall–Kier alpha value is -1.20. The van der Waals surface area contributed by atoms with Crippen LogP contribution in [0.25, 0.3) is 0 Å². The van der Waals surface area contributed by atoms with E-state index in [1.807, 2.05) is 0 Å². The summed E-state index contributed by atoms with van der Waals surface area (Å²) in [5, 5.41) is 9.59. The maximum Gasteiger partial charge on any atom is 0.482 e. The molecule has 0 aromatic carbocycles. The van der Waals surface area contributed by atoms with Crippen molar-refractivity contribution in [3.63, 3.8) is 0 Å². The number of amides is 1. The molecule has 14 heavy (non-hydrogen) atoms. The summed E-state index contributed by atoms with van der Waals surface area (Å²) in [6.45, 7) is 0. The molecule has 1 heterocycles. The Morgan fingerprint density at radius 2 is 2.07 bits per heavy atom. The number of carbonyl (C=O) groups excluding carboxylic acids is 2. The van der Waals surface area contributed by atoms with Crippen molar-refractivity contribution in [1.82, 2.24) is 0 Å². The van der Waals surface area contributed by atoms with Gasteiger partial charge in [-0.3, -0.25) is 0 Å². The fourth-order valence-corrected chi connectivity index (χ4v) is 1.43. The topological polar surface area (TPSA) is 77.3 Å². The third-order valence-electron chi connectivity index (χ3n) is 1.49. The molecule has 0 fully saturated rings. The molecule has 0 saturated heterocycles. The number of nitrogens with zero attached hydrogens (tertiary/aromatic N) is 1. The maximum atomic E-state index is 11.0.